The number of hydrogen-bond acceptors (Lipinski definition) is 3. The largest absolute Gasteiger partial charge is 0.396 e. The van der Waals surface area contributed by atoms with Crippen LogP contribution in [0.4, 0.5) is 0 Å². The van der Waals surface area contributed by atoms with Gasteiger partial charge in [-0.1, -0.05) is 29.8 Å². The van der Waals surface area contributed by atoms with Crippen molar-refractivity contribution >= 4 is 17.7 Å². The Morgan fingerprint density at radius 2 is 2.10 bits per heavy atom. The van der Waals surface area contributed by atoms with E-state index in [0.29, 0.717) is 6.42 Å². The Bertz CT molecular complexity index is 470. The van der Waals surface area contributed by atoms with E-state index in [2.05, 4.69) is 36.5 Å². The number of carbonyl (C=O) groups excluding carboxylic acids is 1. The van der Waals surface area contributed by atoms with E-state index in [0.717, 1.165) is 12.2 Å². The van der Waals surface area contributed by atoms with Crippen LogP contribution in [-0.2, 0) is 4.79 Å². The summed E-state index contributed by atoms with van der Waals surface area (Å²) in [4.78, 5) is 13.0. The maximum Gasteiger partial charge on any atom is 0.221 e. The van der Waals surface area contributed by atoms with E-state index < -0.39 is 0 Å². The summed E-state index contributed by atoms with van der Waals surface area (Å²) in [5.74, 6) is 1.06. The normalized spacial score (nSPS) is 21.1. The van der Waals surface area contributed by atoms with Crippen molar-refractivity contribution in [2.24, 2.45) is 5.92 Å². The molecule has 0 bridgehead atoms. The predicted octanol–water partition coefficient (Wildman–Crippen LogP) is 2.53. The first-order chi connectivity index (χ1) is 9.67. The van der Waals surface area contributed by atoms with E-state index in [9.17, 15) is 4.79 Å². The first kappa shape index (κ1) is 15.1. The number of hydrogen-bond donors (Lipinski definition) is 2. The summed E-state index contributed by atoms with van der Waals surface area (Å²) in [6, 6.07) is 8.43. The van der Waals surface area contributed by atoms with Gasteiger partial charge in [0.15, 0.2) is 0 Å². The molecule has 0 aliphatic heterocycles. The molecule has 1 aliphatic rings. The van der Waals surface area contributed by atoms with Crippen molar-refractivity contribution in [1.82, 2.24) is 5.32 Å². The van der Waals surface area contributed by atoms with Crippen LogP contribution in [0.15, 0.2) is 41.3 Å². The van der Waals surface area contributed by atoms with Gasteiger partial charge in [0, 0.05) is 35.6 Å². The molecule has 1 amide bonds. The summed E-state index contributed by atoms with van der Waals surface area (Å²) in [6.07, 6.45) is 5.29. The summed E-state index contributed by atoms with van der Waals surface area (Å²) in [5, 5.41) is 12.0. The highest BCUT2D eigenvalue weighted by molar-refractivity contribution is 7.99. The first-order valence-electron chi connectivity index (χ1n) is 6.95. The van der Waals surface area contributed by atoms with Gasteiger partial charge in [0.05, 0.1) is 0 Å². The molecule has 0 saturated heterocycles. The molecule has 108 valence electrons. The van der Waals surface area contributed by atoms with Gasteiger partial charge in [-0.05, 0) is 25.5 Å². The van der Waals surface area contributed by atoms with Crippen molar-refractivity contribution in [1.29, 1.82) is 0 Å². The van der Waals surface area contributed by atoms with Gasteiger partial charge in [0.1, 0.15) is 0 Å². The topological polar surface area (TPSA) is 49.3 Å². The van der Waals surface area contributed by atoms with Crippen LogP contribution in [0.3, 0.4) is 0 Å². The summed E-state index contributed by atoms with van der Waals surface area (Å²) >= 11 is 1.70. The van der Waals surface area contributed by atoms with E-state index in [1.165, 1.54) is 10.5 Å². The number of amides is 1. The van der Waals surface area contributed by atoms with Crippen LogP contribution in [0.25, 0.3) is 0 Å². The number of aliphatic hydroxyl groups excluding tert-OH is 1. The summed E-state index contributed by atoms with van der Waals surface area (Å²) in [6.45, 7) is 2.23. The van der Waals surface area contributed by atoms with Crippen LogP contribution in [0.2, 0.25) is 0 Å². The lowest BCUT2D eigenvalue weighted by Crippen LogP contribution is -2.33. The van der Waals surface area contributed by atoms with Gasteiger partial charge in [-0.3, -0.25) is 4.79 Å². The number of benzene rings is 1. The zero-order chi connectivity index (χ0) is 14.4. The third-order valence-electron chi connectivity index (χ3n) is 3.37. The first-order valence-corrected chi connectivity index (χ1v) is 7.94. The minimum absolute atomic E-state index is 0.0813. The summed E-state index contributed by atoms with van der Waals surface area (Å²) in [7, 11) is 0. The fraction of sp³-hybridized carbons (Fsp3) is 0.438. The monoisotopic (exact) mass is 291 g/mol. The maximum absolute atomic E-state index is 11.8. The maximum atomic E-state index is 11.8. The van der Waals surface area contributed by atoms with Crippen LogP contribution in [0.1, 0.15) is 18.4 Å². The fourth-order valence-electron chi connectivity index (χ4n) is 2.19. The van der Waals surface area contributed by atoms with Crippen molar-refractivity contribution < 1.29 is 9.90 Å². The molecule has 20 heavy (non-hydrogen) atoms. The van der Waals surface area contributed by atoms with E-state index in [4.69, 9.17) is 5.11 Å². The molecule has 0 fully saturated rings. The second-order valence-electron chi connectivity index (χ2n) is 5.15. The molecule has 2 rings (SSSR count). The molecule has 0 saturated carbocycles. The molecular formula is C16H21NO2S. The van der Waals surface area contributed by atoms with Gasteiger partial charge < -0.3 is 10.4 Å². The van der Waals surface area contributed by atoms with Crippen molar-refractivity contribution in [3.8, 4) is 0 Å². The van der Waals surface area contributed by atoms with E-state index in [-0.39, 0.29) is 24.5 Å². The van der Waals surface area contributed by atoms with Gasteiger partial charge in [-0.25, -0.2) is 0 Å². The van der Waals surface area contributed by atoms with Crippen molar-refractivity contribution in [2.75, 3.05) is 12.4 Å². The standard InChI is InChI=1S/C16H21NO2S/c1-12-2-6-15(7-3-12)20-9-8-16(19)17-14-5-4-13(10-14)11-18/h2-7,13-14,18H,8-11H2,1H3,(H,17,19)/t13-,14+/m0/s1. The number of aliphatic hydroxyl groups is 1. The van der Waals surface area contributed by atoms with Gasteiger partial charge in [-0.15, -0.1) is 11.8 Å². The number of aryl methyl sites for hydroxylation is 1. The highest BCUT2D eigenvalue weighted by atomic mass is 32.2. The minimum atomic E-state index is 0.0813. The van der Waals surface area contributed by atoms with Crippen molar-refractivity contribution in [3.05, 3.63) is 42.0 Å². The van der Waals surface area contributed by atoms with Crippen LogP contribution in [0.5, 0.6) is 0 Å². The Morgan fingerprint density at radius 3 is 2.75 bits per heavy atom. The van der Waals surface area contributed by atoms with E-state index in [1.807, 2.05) is 12.2 Å². The summed E-state index contributed by atoms with van der Waals surface area (Å²) < 4.78 is 0. The Labute approximate surface area is 124 Å². The second kappa shape index (κ2) is 7.50. The average Bonchev–Trinajstić information content (AvgIpc) is 2.88. The van der Waals surface area contributed by atoms with Crippen molar-refractivity contribution in [2.45, 2.75) is 30.7 Å². The molecule has 1 aliphatic carbocycles. The Kier molecular flexibility index (Phi) is 5.68. The molecule has 0 unspecified atom stereocenters. The lowest BCUT2D eigenvalue weighted by atomic mass is 10.1. The molecule has 1 aromatic carbocycles. The summed E-state index contributed by atoms with van der Waals surface area (Å²) in [5.41, 5.74) is 1.25. The number of rotatable bonds is 6. The molecule has 0 heterocycles. The molecular weight excluding hydrogens is 270 g/mol. The van der Waals surface area contributed by atoms with E-state index >= 15 is 0 Å². The molecule has 1 aromatic rings. The smallest absolute Gasteiger partial charge is 0.221 e. The lowest BCUT2D eigenvalue weighted by molar-refractivity contribution is -0.121. The number of carbonyl (C=O) groups is 1. The SMILES string of the molecule is Cc1ccc(SCCC(=O)N[C@@H]2C=C[C@H](CO)C2)cc1. The molecule has 0 radical (unpaired) electrons. The van der Waals surface area contributed by atoms with Gasteiger partial charge in [0.25, 0.3) is 0 Å². The lowest BCUT2D eigenvalue weighted by Gasteiger charge is -2.12. The fourth-order valence-corrected chi connectivity index (χ4v) is 3.04. The molecule has 4 heteroatoms. The van der Waals surface area contributed by atoms with E-state index in [1.54, 1.807) is 11.8 Å². The number of nitrogens with one attached hydrogen (secondary N) is 1. The molecule has 0 aromatic heterocycles. The predicted molar refractivity (Wildman–Crippen MR) is 82.8 cm³/mol. The molecule has 2 atom stereocenters. The van der Waals surface area contributed by atoms with Gasteiger partial charge in [0.2, 0.25) is 5.91 Å². The van der Waals surface area contributed by atoms with Crippen LogP contribution >= 0.6 is 11.8 Å². The Balaban J connectivity index is 1.66. The molecule has 2 N–H and O–H groups in total. The highest BCUT2D eigenvalue weighted by Gasteiger charge is 2.19. The zero-order valence-electron chi connectivity index (χ0n) is 11.7. The average molecular weight is 291 g/mol. The van der Waals surface area contributed by atoms with Crippen LogP contribution < -0.4 is 5.32 Å². The molecule has 0 spiro atoms. The molecule has 3 nitrogen and oxygen atoms in total. The number of thioether (sulfide) groups is 1. The Morgan fingerprint density at radius 1 is 1.35 bits per heavy atom. The van der Waals surface area contributed by atoms with Gasteiger partial charge >= 0.3 is 0 Å². The van der Waals surface area contributed by atoms with Crippen LogP contribution in [0, 0.1) is 12.8 Å². The van der Waals surface area contributed by atoms with Crippen LogP contribution in [-0.4, -0.2) is 29.4 Å². The minimum Gasteiger partial charge on any atom is -0.396 e. The highest BCUT2D eigenvalue weighted by Crippen LogP contribution is 2.20. The third-order valence-corrected chi connectivity index (χ3v) is 4.39. The second-order valence-corrected chi connectivity index (χ2v) is 6.32. The zero-order valence-corrected chi connectivity index (χ0v) is 12.5. The third kappa shape index (κ3) is 4.69. The Hall–Kier alpha value is -1.26. The van der Waals surface area contributed by atoms with Gasteiger partial charge in [-0.2, -0.15) is 0 Å². The van der Waals surface area contributed by atoms with Crippen molar-refractivity contribution in [3.63, 3.8) is 0 Å². The quantitative estimate of drug-likeness (QED) is 0.625.